The highest BCUT2D eigenvalue weighted by Crippen LogP contribution is 2.41. The smallest absolute Gasteiger partial charge is 0.0621 e. The highest BCUT2D eigenvalue weighted by Gasteiger charge is 2.47. The van der Waals surface area contributed by atoms with Crippen LogP contribution in [-0.2, 0) is 0 Å². The molecule has 0 spiro atoms. The molecule has 1 aromatic carbocycles. The van der Waals surface area contributed by atoms with Crippen LogP contribution in [0.3, 0.4) is 0 Å². The Morgan fingerprint density at radius 2 is 1.84 bits per heavy atom. The van der Waals surface area contributed by atoms with Crippen molar-refractivity contribution in [1.82, 2.24) is 5.32 Å². The summed E-state index contributed by atoms with van der Waals surface area (Å²) in [5.74, 6) is 0. The Labute approximate surface area is 116 Å². The number of nitrogens with one attached hydrogen (secondary N) is 1. The van der Waals surface area contributed by atoms with Gasteiger partial charge in [0.1, 0.15) is 0 Å². The molecular weight excluding hydrogens is 236 g/mol. The van der Waals surface area contributed by atoms with Crippen molar-refractivity contribution in [3.8, 4) is 0 Å². The molecule has 3 heteroatoms. The van der Waals surface area contributed by atoms with E-state index in [4.69, 9.17) is 0 Å². The van der Waals surface area contributed by atoms with Crippen LogP contribution in [0.4, 0.5) is 5.69 Å². The molecule has 1 saturated carbocycles. The van der Waals surface area contributed by atoms with E-state index in [2.05, 4.69) is 69.3 Å². The van der Waals surface area contributed by atoms with Gasteiger partial charge < -0.3 is 15.3 Å². The van der Waals surface area contributed by atoms with Gasteiger partial charge in [0.15, 0.2) is 0 Å². The zero-order chi connectivity index (χ0) is 14.2. The Kier molecular flexibility index (Phi) is 3.88. The van der Waals surface area contributed by atoms with E-state index in [1.807, 2.05) is 0 Å². The Hall–Kier alpha value is -1.06. The third-order valence-electron chi connectivity index (χ3n) is 4.58. The number of rotatable bonds is 4. The Bertz CT molecular complexity index is 425. The molecule has 0 amide bonds. The molecule has 0 heterocycles. The molecule has 106 valence electrons. The standard InChI is InChI=1S/C16H26N2O/c1-11(17-14-10-15(19)16(14,2)3)12-6-8-13(9-7-12)18(4)5/h6-9,11,14-15,17,19H,10H2,1-5H3. The largest absolute Gasteiger partial charge is 0.392 e. The molecular formula is C16H26N2O. The SMILES string of the molecule is CC(NC1CC(O)C1(C)C)c1ccc(N(C)C)cc1. The van der Waals surface area contributed by atoms with E-state index in [0.29, 0.717) is 12.1 Å². The summed E-state index contributed by atoms with van der Waals surface area (Å²) < 4.78 is 0. The molecule has 1 aliphatic carbocycles. The van der Waals surface area contributed by atoms with Crippen LogP contribution in [0.1, 0.15) is 38.8 Å². The van der Waals surface area contributed by atoms with E-state index >= 15 is 0 Å². The van der Waals surface area contributed by atoms with Crippen molar-refractivity contribution in [3.63, 3.8) is 0 Å². The second kappa shape index (κ2) is 5.14. The molecule has 3 atom stereocenters. The minimum atomic E-state index is -0.173. The average Bonchev–Trinajstić information content (AvgIpc) is 2.38. The third kappa shape index (κ3) is 2.77. The van der Waals surface area contributed by atoms with E-state index in [9.17, 15) is 5.11 Å². The fraction of sp³-hybridized carbons (Fsp3) is 0.625. The molecule has 3 unspecified atom stereocenters. The van der Waals surface area contributed by atoms with Crippen molar-refractivity contribution in [3.05, 3.63) is 29.8 Å². The van der Waals surface area contributed by atoms with Crippen molar-refractivity contribution >= 4 is 5.69 Å². The second-order valence-electron chi connectivity index (χ2n) is 6.50. The molecule has 1 aromatic rings. The van der Waals surface area contributed by atoms with Crippen molar-refractivity contribution in [2.45, 2.75) is 45.4 Å². The lowest BCUT2D eigenvalue weighted by atomic mass is 9.64. The number of nitrogens with zero attached hydrogens (tertiary/aromatic N) is 1. The lowest BCUT2D eigenvalue weighted by Gasteiger charge is -2.50. The maximum Gasteiger partial charge on any atom is 0.0621 e. The molecule has 19 heavy (non-hydrogen) atoms. The van der Waals surface area contributed by atoms with Gasteiger partial charge in [-0.1, -0.05) is 26.0 Å². The lowest BCUT2D eigenvalue weighted by Crippen LogP contribution is -2.60. The van der Waals surface area contributed by atoms with Gasteiger partial charge in [-0.25, -0.2) is 0 Å². The normalized spacial score (nSPS) is 26.6. The highest BCUT2D eigenvalue weighted by molar-refractivity contribution is 5.46. The summed E-state index contributed by atoms with van der Waals surface area (Å²) in [6.45, 7) is 6.44. The van der Waals surface area contributed by atoms with Gasteiger partial charge in [-0.3, -0.25) is 0 Å². The van der Waals surface area contributed by atoms with Crippen LogP contribution < -0.4 is 10.2 Å². The summed E-state index contributed by atoms with van der Waals surface area (Å²) >= 11 is 0. The quantitative estimate of drug-likeness (QED) is 0.875. The molecule has 2 N–H and O–H groups in total. The van der Waals surface area contributed by atoms with Crippen molar-refractivity contribution in [1.29, 1.82) is 0 Å². The summed E-state index contributed by atoms with van der Waals surface area (Å²) in [5.41, 5.74) is 2.50. The summed E-state index contributed by atoms with van der Waals surface area (Å²) in [6, 6.07) is 9.35. The molecule has 0 saturated heterocycles. The second-order valence-corrected chi connectivity index (χ2v) is 6.50. The molecule has 1 aliphatic rings. The minimum Gasteiger partial charge on any atom is -0.392 e. The van der Waals surface area contributed by atoms with Gasteiger partial charge in [0.05, 0.1) is 6.10 Å². The Morgan fingerprint density at radius 1 is 1.26 bits per heavy atom. The fourth-order valence-electron chi connectivity index (χ4n) is 2.64. The maximum absolute atomic E-state index is 9.78. The number of hydrogen-bond acceptors (Lipinski definition) is 3. The average molecular weight is 262 g/mol. The van der Waals surface area contributed by atoms with Crippen LogP contribution >= 0.6 is 0 Å². The highest BCUT2D eigenvalue weighted by atomic mass is 16.3. The summed E-state index contributed by atoms with van der Waals surface area (Å²) in [6.07, 6.45) is 0.681. The molecule has 2 rings (SSSR count). The number of hydrogen-bond donors (Lipinski definition) is 2. The van der Waals surface area contributed by atoms with Crippen LogP contribution in [0.2, 0.25) is 0 Å². The summed E-state index contributed by atoms with van der Waals surface area (Å²) in [7, 11) is 4.10. The topological polar surface area (TPSA) is 35.5 Å². The van der Waals surface area contributed by atoms with Gasteiger partial charge in [0.2, 0.25) is 0 Å². The van der Waals surface area contributed by atoms with Gasteiger partial charge in [-0.15, -0.1) is 0 Å². The van der Waals surface area contributed by atoms with Crippen molar-refractivity contribution in [2.24, 2.45) is 5.41 Å². The van der Waals surface area contributed by atoms with Crippen LogP contribution in [0.5, 0.6) is 0 Å². The van der Waals surface area contributed by atoms with Gasteiger partial charge in [-0.2, -0.15) is 0 Å². The molecule has 1 fully saturated rings. The zero-order valence-corrected chi connectivity index (χ0v) is 12.6. The van der Waals surface area contributed by atoms with Crippen LogP contribution in [0, 0.1) is 5.41 Å². The van der Waals surface area contributed by atoms with E-state index in [1.165, 1.54) is 11.3 Å². The maximum atomic E-state index is 9.78. The number of benzene rings is 1. The van der Waals surface area contributed by atoms with Crippen LogP contribution in [-0.4, -0.2) is 31.3 Å². The molecule has 0 aromatic heterocycles. The lowest BCUT2D eigenvalue weighted by molar-refractivity contribution is -0.0754. The Morgan fingerprint density at radius 3 is 2.26 bits per heavy atom. The van der Waals surface area contributed by atoms with Crippen molar-refractivity contribution in [2.75, 3.05) is 19.0 Å². The van der Waals surface area contributed by atoms with E-state index < -0.39 is 0 Å². The number of anilines is 1. The predicted octanol–water partition coefficient (Wildman–Crippen LogP) is 2.56. The zero-order valence-electron chi connectivity index (χ0n) is 12.6. The van der Waals surface area contributed by atoms with Crippen LogP contribution in [0.25, 0.3) is 0 Å². The third-order valence-corrected chi connectivity index (χ3v) is 4.58. The van der Waals surface area contributed by atoms with Crippen LogP contribution in [0.15, 0.2) is 24.3 Å². The molecule has 0 radical (unpaired) electrons. The van der Waals surface area contributed by atoms with Gasteiger partial charge >= 0.3 is 0 Å². The summed E-state index contributed by atoms with van der Waals surface area (Å²) in [5, 5.41) is 13.4. The van der Waals surface area contributed by atoms with E-state index in [-0.39, 0.29) is 11.5 Å². The number of aliphatic hydroxyl groups excluding tert-OH is 1. The van der Waals surface area contributed by atoms with E-state index in [1.54, 1.807) is 0 Å². The first-order valence-electron chi connectivity index (χ1n) is 7.03. The monoisotopic (exact) mass is 262 g/mol. The first-order valence-corrected chi connectivity index (χ1v) is 7.03. The van der Waals surface area contributed by atoms with Gasteiger partial charge in [0, 0.05) is 37.3 Å². The number of aliphatic hydroxyl groups is 1. The van der Waals surface area contributed by atoms with E-state index in [0.717, 1.165) is 6.42 Å². The molecule has 0 aliphatic heterocycles. The molecule has 3 nitrogen and oxygen atoms in total. The molecule has 0 bridgehead atoms. The Balaban J connectivity index is 1.99. The van der Waals surface area contributed by atoms with Gasteiger partial charge in [-0.05, 0) is 31.0 Å². The van der Waals surface area contributed by atoms with Crippen molar-refractivity contribution < 1.29 is 5.11 Å². The first kappa shape index (κ1) is 14.4. The fourth-order valence-corrected chi connectivity index (χ4v) is 2.64. The predicted molar refractivity (Wildman–Crippen MR) is 80.5 cm³/mol. The first-order chi connectivity index (χ1) is 8.82. The van der Waals surface area contributed by atoms with Gasteiger partial charge in [0.25, 0.3) is 0 Å². The summed E-state index contributed by atoms with van der Waals surface area (Å²) in [4.78, 5) is 2.10. The minimum absolute atomic E-state index is 0.0160.